The number of phenols is 1. The molecule has 68 heavy (non-hydrogen) atoms. The van der Waals surface area contributed by atoms with Crippen LogP contribution >= 0.6 is 0 Å². The van der Waals surface area contributed by atoms with Gasteiger partial charge in [-0.05, 0) is 97.1 Å². The molecule has 0 aliphatic carbocycles. The number of benzene rings is 6. The summed E-state index contributed by atoms with van der Waals surface area (Å²) >= 11 is 0. The van der Waals surface area contributed by atoms with Crippen molar-refractivity contribution in [2.75, 3.05) is 0 Å². The molecule has 5 heteroatoms. The molecule has 0 saturated carbocycles. The number of imidazole rings is 1. The summed E-state index contributed by atoms with van der Waals surface area (Å²) < 4.78 is 206. The maximum Gasteiger partial charge on any atom is 0.148 e. The number of para-hydroxylation sites is 1. The van der Waals surface area contributed by atoms with Gasteiger partial charge in [0.25, 0.3) is 0 Å². The van der Waals surface area contributed by atoms with Crippen LogP contribution in [0.3, 0.4) is 0 Å². The van der Waals surface area contributed by atoms with E-state index in [1.54, 1.807) is 72.8 Å². The van der Waals surface area contributed by atoms with Gasteiger partial charge in [-0.2, -0.15) is 0 Å². The zero-order valence-electron chi connectivity index (χ0n) is 62.6. The van der Waals surface area contributed by atoms with E-state index in [9.17, 15) is 7.85 Å². The molecule has 8 aromatic rings. The number of phenolic OH excluding ortho intramolecular Hbond substituents is 1. The van der Waals surface area contributed by atoms with Crippen LogP contribution in [0.5, 0.6) is 5.75 Å². The fourth-order valence-electron chi connectivity index (χ4n) is 8.20. The van der Waals surface area contributed by atoms with E-state index in [0.29, 0.717) is 44.6 Å². The minimum absolute atomic E-state index is 0. The van der Waals surface area contributed by atoms with Crippen LogP contribution in [-0.4, -0.2) is 19.6 Å². The van der Waals surface area contributed by atoms with Gasteiger partial charge in [0.1, 0.15) is 11.6 Å². The first-order valence-corrected chi connectivity index (χ1v) is 22.1. The third kappa shape index (κ3) is 9.95. The molecule has 1 N–H and O–H groups in total. The third-order valence-electron chi connectivity index (χ3n) is 12.1. The van der Waals surface area contributed by atoms with E-state index < -0.39 is 110 Å². The normalized spacial score (nSPS) is 18.9. The summed E-state index contributed by atoms with van der Waals surface area (Å²) in [5, 5.41) is 13.2. The summed E-state index contributed by atoms with van der Waals surface area (Å²) in [6.45, 7) is -10.8. The zero-order valence-corrected chi connectivity index (χ0v) is 41.8. The Hall–Kier alpha value is -5.57. The molecule has 6 aromatic carbocycles. The van der Waals surface area contributed by atoms with Gasteiger partial charge >= 0.3 is 0 Å². The molecule has 2 heterocycles. The Morgan fingerprint density at radius 1 is 0.559 bits per heavy atom. The van der Waals surface area contributed by atoms with Crippen molar-refractivity contribution < 1.29 is 57.7 Å². The fraction of sp³-hybridized carbons (Fsp3) is 0.333. The van der Waals surface area contributed by atoms with E-state index in [1.807, 2.05) is 77.9 Å². The van der Waals surface area contributed by atoms with Crippen molar-refractivity contribution in [3.63, 3.8) is 0 Å². The van der Waals surface area contributed by atoms with Gasteiger partial charge < -0.3 is 5.11 Å². The van der Waals surface area contributed by atoms with Crippen LogP contribution in [0, 0.1) is 12.9 Å². The van der Waals surface area contributed by atoms with Gasteiger partial charge in [0.15, 0.2) is 0 Å². The molecule has 0 saturated heterocycles. The van der Waals surface area contributed by atoms with Gasteiger partial charge in [0.2, 0.25) is 0 Å². The summed E-state index contributed by atoms with van der Waals surface area (Å²) in [5.74, 6) is -2.46. The molecule has 0 radical (unpaired) electrons. The Morgan fingerprint density at radius 2 is 1.19 bits per heavy atom. The average molecular weight is 1100 g/mol. The zero-order chi connectivity index (χ0) is 67.8. The number of hydrogen-bond acceptors (Lipinski definition) is 3. The molecule has 8 rings (SSSR count). The maximum atomic E-state index is 13.2. The second-order valence-corrected chi connectivity index (χ2v) is 20.4. The molecule has 0 unspecified atom stereocenters. The molecule has 0 aliphatic heterocycles. The SMILES string of the molecule is [2H]c1c(-c2nc3c(-c4[c-]c(-c5cc(-c6ccc(C(C)(C)C)cc6)c(C([2H])([2H])[2H])cn5)cc(C(C)(C)C)c4)cccc3n2-c2ccc(C(C)(C)C)cc2-c2ccccc2)c(O)c(C(C([2H])([2H])[2H])(C([2H])([2H])[2H])C([2H])([2H])[2H])c([2H])c1C(C([2H])([2H])[2H])(C([2H])([2H])[2H])C([2H])([2H])[2H].[Pt]. The summed E-state index contributed by atoms with van der Waals surface area (Å²) in [7, 11) is 0. The van der Waals surface area contributed by atoms with Crippen molar-refractivity contribution in [2.45, 2.75) is 137 Å². The standard InChI is InChI=1S/C63H70N3O.Pt/c1-39-38-64-53(37-49(39)41-25-27-44(28-26-41)59(2,3)4)43-31-42(32-46(33-43)61(8,9)10)48-23-20-24-55-56(48)65-58(51-35-47(62(11,12)13)36-52(57(51)67)63(14,15)16)66(55)54-30-29-45(60(5,6)7)34-50(54)40-21-18-17-19-22-40;/h17-30,32-38,67H,1-16H3;/q-1;/i1D3,11D3,12D3,13D3,14D3,15D3,16D3,35D,36D;. The predicted molar refractivity (Wildman–Crippen MR) is 285 cm³/mol. The molecular formula is C63H70N3OPt-. The smallest absolute Gasteiger partial charge is 0.148 e. The molecule has 0 amide bonds. The van der Waals surface area contributed by atoms with Crippen LogP contribution in [-0.2, 0) is 48.1 Å². The molecule has 0 bridgehead atoms. The van der Waals surface area contributed by atoms with Crippen LogP contribution in [0.2, 0.25) is 0 Å². The van der Waals surface area contributed by atoms with Gasteiger partial charge in [-0.15, -0.1) is 29.3 Å². The molecule has 0 aliphatic rings. The van der Waals surface area contributed by atoms with Crippen molar-refractivity contribution >= 4 is 11.0 Å². The number of nitrogens with zero attached hydrogens (tertiary/aromatic N) is 3. The minimum atomic E-state index is -4.47. The Morgan fingerprint density at radius 3 is 1.82 bits per heavy atom. The first-order valence-electron chi connectivity index (χ1n) is 33.6. The monoisotopic (exact) mass is 1100 g/mol. The summed E-state index contributed by atoms with van der Waals surface area (Å²) in [5.41, 5.74) is -9.45. The first-order chi connectivity index (χ1) is 40.8. The Bertz CT molecular complexity index is 3900. The van der Waals surface area contributed by atoms with Gasteiger partial charge in [-0.1, -0.05) is 199 Å². The van der Waals surface area contributed by atoms with Crippen molar-refractivity contribution in [1.82, 2.24) is 14.5 Å². The summed E-state index contributed by atoms with van der Waals surface area (Å²) in [4.78, 5) is 9.81. The van der Waals surface area contributed by atoms with Crippen LogP contribution in [0.4, 0.5) is 0 Å². The second kappa shape index (κ2) is 18.1. The van der Waals surface area contributed by atoms with Crippen molar-refractivity contribution in [3.8, 4) is 67.5 Å². The largest absolute Gasteiger partial charge is 0.507 e. The van der Waals surface area contributed by atoms with Gasteiger partial charge in [-0.3, -0.25) is 9.55 Å². The number of fused-ring (bicyclic) bond motifs is 1. The first kappa shape index (κ1) is 28.2. The third-order valence-corrected chi connectivity index (χ3v) is 12.1. The number of aryl methyl sites for hydroxylation is 1. The molecule has 0 fully saturated rings. The van der Waals surface area contributed by atoms with Crippen molar-refractivity contribution in [1.29, 1.82) is 0 Å². The molecule has 0 spiro atoms. The van der Waals surface area contributed by atoms with Crippen LogP contribution in [0.1, 0.15) is 168 Å². The Balaban J connectivity index is 0.0000118. The van der Waals surface area contributed by atoms with Crippen LogP contribution < -0.4 is 0 Å². The van der Waals surface area contributed by atoms with E-state index in [4.69, 9.17) is 38.8 Å². The second-order valence-electron chi connectivity index (χ2n) is 20.4. The number of aromatic nitrogens is 3. The van der Waals surface area contributed by atoms with Crippen LogP contribution in [0.15, 0.2) is 127 Å². The van der Waals surface area contributed by atoms with E-state index in [1.165, 1.54) is 10.8 Å². The van der Waals surface area contributed by atoms with Crippen molar-refractivity contribution in [2.24, 2.45) is 0 Å². The number of hydrogen-bond donors (Lipinski definition) is 1. The molecule has 0 atom stereocenters. The molecule has 354 valence electrons. The van der Waals surface area contributed by atoms with Gasteiger partial charge in [0.05, 0.1) is 25.0 Å². The number of pyridine rings is 1. The molecule has 4 nitrogen and oxygen atoms in total. The Labute approximate surface area is 453 Å². The van der Waals surface area contributed by atoms with E-state index in [-0.39, 0.29) is 54.3 Å². The quantitative estimate of drug-likeness (QED) is 0.169. The average Bonchev–Trinajstić information content (AvgIpc) is 1.21. The van der Waals surface area contributed by atoms with E-state index >= 15 is 0 Å². The summed E-state index contributed by atoms with van der Waals surface area (Å²) in [6.07, 6.45) is 1.30. The summed E-state index contributed by atoms with van der Waals surface area (Å²) in [6, 6.07) is 31.6. The number of rotatable bonds is 6. The van der Waals surface area contributed by atoms with Gasteiger partial charge in [-0.25, -0.2) is 4.98 Å². The topological polar surface area (TPSA) is 50.9 Å². The van der Waals surface area contributed by atoms with E-state index in [0.717, 1.165) is 11.1 Å². The van der Waals surface area contributed by atoms with Gasteiger partial charge in [0, 0.05) is 72.9 Å². The maximum absolute atomic E-state index is 13.2. The number of aromatic hydroxyl groups is 1. The van der Waals surface area contributed by atoms with Crippen molar-refractivity contribution in [3.05, 3.63) is 167 Å². The minimum Gasteiger partial charge on any atom is -0.507 e. The van der Waals surface area contributed by atoms with Crippen LogP contribution in [0.25, 0.3) is 72.7 Å². The fourth-order valence-corrected chi connectivity index (χ4v) is 8.20. The molecule has 2 aromatic heterocycles. The predicted octanol–water partition coefficient (Wildman–Crippen LogP) is 17.1. The Kier molecular flexibility index (Phi) is 7.49. The molecular weight excluding hydrogens is 1010 g/mol. The van der Waals surface area contributed by atoms with E-state index in [2.05, 4.69) is 26.8 Å².